The van der Waals surface area contributed by atoms with Crippen molar-refractivity contribution in [1.82, 2.24) is 4.90 Å². The second-order valence-corrected chi connectivity index (χ2v) is 9.48. The van der Waals surface area contributed by atoms with E-state index in [4.69, 9.17) is 0 Å². The van der Waals surface area contributed by atoms with Crippen LogP contribution in [0.3, 0.4) is 0 Å². The molecule has 2 nitrogen and oxygen atoms in total. The Morgan fingerprint density at radius 2 is 1.37 bits per heavy atom. The van der Waals surface area contributed by atoms with Crippen LogP contribution < -0.4 is 0 Å². The number of nitrogens with zero attached hydrogens (tertiary/aromatic N) is 1. The lowest BCUT2D eigenvalue weighted by molar-refractivity contribution is 0.0540. The molecule has 2 heteroatoms. The molecule has 0 spiro atoms. The molecule has 6 rings (SSSR count). The zero-order valence-corrected chi connectivity index (χ0v) is 17.4. The smallest absolute Gasteiger partial charge is 0.0819 e. The minimum Gasteiger partial charge on any atom is -0.388 e. The Labute approximate surface area is 179 Å². The highest BCUT2D eigenvalue weighted by atomic mass is 16.3. The molecule has 2 bridgehead atoms. The van der Waals surface area contributed by atoms with Gasteiger partial charge < -0.3 is 10.0 Å². The summed E-state index contributed by atoms with van der Waals surface area (Å²) in [6.07, 6.45) is 3.02. The molecule has 2 aliphatic carbocycles. The van der Waals surface area contributed by atoms with Crippen molar-refractivity contribution < 1.29 is 5.11 Å². The van der Waals surface area contributed by atoms with Gasteiger partial charge in [0.25, 0.3) is 0 Å². The first-order valence-electron chi connectivity index (χ1n) is 11.4. The number of rotatable bonds is 4. The largest absolute Gasteiger partial charge is 0.388 e. The Morgan fingerprint density at radius 3 is 2.00 bits per heavy atom. The summed E-state index contributed by atoms with van der Waals surface area (Å²) in [5, 5.41) is 10.9. The summed E-state index contributed by atoms with van der Waals surface area (Å²) in [6, 6.07) is 28.5. The fraction of sp³-hybridized carbons (Fsp3) is 0.357. The first-order valence-corrected chi connectivity index (χ1v) is 11.4. The van der Waals surface area contributed by atoms with Crippen molar-refractivity contribution in [3.63, 3.8) is 0 Å². The Morgan fingerprint density at radius 1 is 0.800 bits per heavy atom. The summed E-state index contributed by atoms with van der Waals surface area (Å²) in [6.45, 7) is 3.25. The van der Waals surface area contributed by atoms with Gasteiger partial charge in [-0.05, 0) is 66.1 Å². The maximum absolute atomic E-state index is 10.9. The van der Waals surface area contributed by atoms with Crippen LogP contribution in [0.25, 0.3) is 0 Å². The zero-order chi connectivity index (χ0) is 20.1. The average Bonchev–Trinajstić information content (AvgIpc) is 3.32. The number of aliphatic hydroxyl groups is 1. The normalized spacial score (nSPS) is 26.4. The molecular weight excluding hydrogens is 366 g/mol. The molecule has 1 fully saturated rings. The molecule has 152 valence electrons. The maximum Gasteiger partial charge on any atom is 0.0819 e. The van der Waals surface area contributed by atoms with Crippen molar-refractivity contribution >= 4 is 0 Å². The van der Waals surface area contributed by atoms with Crippen molar-refractivity contribution in [2.75, 3.05) is 19.6 Å². The fourth-order valence-electron chi connectivity index (χ4n) is 6.54. The predicted octanol–water partition coefficient (Wildman–Crippen LogP) is 5.27. The highest BCUT2D eigenvalue weighted by Crippen LogP contribution is 2.60. The molecule has 0 saturated carbocycles. The molecule has 3 aromatic rings. The third kappa shape index (κ3) is 2.71. The van der Waals surface area contributed by atoms with Gasteiger partial charge in [-0.2, -0.15) is 0 Å². The lowest BCUT2D eigenvalue weighted by Gasteiger charge is -2.40. The van der Waals surface area contributed by atoms with Gasteiger partial charge in [0.05, 0.1) is 6.10 Å². The third-order valence-electron chi connectivity index (χ3n) is 7.97. The predicted molar refractivity (Wildman–Crippen MR) is 121 cm³/mol. The van der Waals surface area contributed by atoms with Crippen molar-refractivity contribution in [2.45, 2.75) is 36.7 Å². The first kappa shape index (κ1) is 18.4. The molecule has 1 saturated heterocycles. The van der Waals surface area contributed by atoms with Gasteiger partial charge in [0.15, 0.2) is 0 Å². The van der Waals surface area contributed by atoms with Crippen LogP contribution in [0, 0.1) is 5.92 Å². The van der Waals surface area contributed by atoms with Crippen molar-refractivity contribution in [3.8, 4) is 0 Å². The van der Waals surface area contributed by atoms with Gasteiger partial charge in [-0.15, -0.1) is 0 Å². The summed E-state index contributed by atoms with van der Waals surface area (Å²) >= 11 is 0. The highest BCUT2D eigenvalue weighted by Gasteiger charge is 2.53. The van der Waals surface area contributed by atoms with Gasteiger partial charge in [0.1, 0.15) is 0 Å². The second-order valence-electron chi connectivity index (χ2n) is 9.48. The summed E-state index contributed by atoms with van der Waals surface area (Å²) in [5.41, 5.74) is 7.41. The van der Waals surface area contributed by atoms with E-state index in [1.807, 2.05) is 18.2 Å². The van der Waals surface area contributed by atoms with E-state index < -0.39 is 0 Å². The van der Waals surface area contributed by atoms with E-state index >= 15 is 0 Å². The number of likely N-dealkylation sites (tertiary alicyclic amines) is 1. The molecule has 1 heterocycles. The van der Waals surface area contributed by atoms with Crippen LogP contribution in [0.2, 0.25) is 0 Å². The molecule has 1 N–H and O–H groups in total. The minimum absolute atomic E-state index is 0.142. The number of benzene rings is 3. The van der Waals surface area contributed by atoms with Crippen LogP contribution in [0.15, 0.2) is 78.9 Å². The maximum atomic E-state index is 10.9. The molecule has 1 aliphatic heterocycles. The third-order valence-corrected chi connectivity index (χ3v) is 7.97. The summed E-state index contributed by atoms with van der Waals surface area (Å²) in [5.74, 6) is 0.926. The number of piperidine rings is 1. The van der Waals surface area contributed by atoms with Crippen LogP contribution >= 0.6 is 0 Å². The van der Waals surface area contributed by atoms with E-state index in [9.17, 15) is 5.11 Å². The van der Waals surface area contributed by atoms with Crippen molar-refractivity contribution in [2.24, 2.45) is 5.92 Å². The molecule has 1 atom stereocenters. The van der Waals surface area contributed by atoms with Crippen molar-refractivity contribution in [1.29, 1.82) is 0 Å². The molecular formula is C28H29NO. The second kappa shape index (κ2) is 7.08. The van der Waals surface area contributed by atoms with E-state index in [2.05, 4.69) is 65.6 Å². The number of aliphatic hydroxyl groups excluding tert-OH is 1. The van der Waals surface area contributed by atoms with E-state index in [1.165, 1.54) is 6.42 Å². The van der Waals surface area contributed by atoms with E-state index in [0.29, 0.717) is 11.8 Å². The summed E-state index contributed by atoms with van der Waals surface area (Å²) in [7, 11) is 0. The molecule has 0 amide bonds. The summed E-state index contributed by atoms with van der Waals surface area (Å²) in [4.78, 5) is 2.66. The van der Waals surface area contributed by atoms with Gasteiger partial charge >= 0.3 is 0 Å². The molecule has 3 aromatic carbocycles. The number of fused-ring (bicyclic) bond motifs is 8. The Balaban J connectivity index is 1.23. The first-order chi connectivity index (χ1) is 14.8. The van der Waals surface area contributed by atoms with Crippen LogP contribution in [0.5, 0.6) is 0 Å². The van der Waals surface area contributed by atoms with E-state index in [0.717, 1.165) is 38.0 Å². The van der Waals surface area contributed by atoms with Crippen LogP contribution in [0.1, 0.15) is 59.1 Å². The van der Waals surface area contributed by atoms with Gasteiger partial charge in [-0.3, -0.25) is 0 Å². The topological polar surface area (TPSA) is 23.5 Å². The standard InChI is InChI=1S/C28H29NO/c30-27(20-8-2-1-3-9-20)21-14-16-29(17-15-21)19-28-18-24(22-10-4-6-12-25(22)28)23-11-5-7-13-26(23)28/h1-13,21,24,27,30H,14-19H2/t24?,27-,28?/m1/s1. The highest BCUT2D eigenvalue weighted by molar-refractivity contribution is 5.62. The minimum atomic E-state index is -0.338. The molecule has 0 unspecified atom stereocenters. The lowest BCUT2D eigenvalue weighted by atomic mass is 9.74. The van der Waals surface area contributed by atoms with Gasteiger partial charge in [-0.1, -0.05) is 78.9 Å². The Hall–Kier alpha value is -2.42. The molecule has 3 aliphatic rings. The van der Waals surface area contributed by atoms with Gasteiger partial charge in [-0.25, -0.2) is 0 Å². The van der Waals surface area contributed by atoms with Gasteiger partial charge in [0.2, 0.25) is 0 Å². The monoisotopic (exact) mass is 395 g/mol. The molecule has 0 radical (unpaired) electrons. The quantitative estimate of drug-likeness (QED) is 0.651. The Kier molecular flexibility index (Phi) is 4.33. The van der Waals surface area contributed by atoms with Crippen LogP contribution in [-0.2, 0) is 5.41 Å². The molecule has 0 aromatic heterocycles. The fourth-order valence-corrected chi connectivity index (χ4v) is 6.54. The number of hydrogen-bond donors (Lipinski definition) is 1. The van der Waals surface area contributed by atoms with E-state index in [-0.39, 0.29) is 11.5 Å². The number of hydrogen-bond acceptors (Lipinski definition) is 2. The van der Waals surface area contributed by atoms with Crippen LogP contribution in [0.4, 0.5) is 0 Å². The lowest BCUT2D eigenvalue weighted by Crippen LogP contribution is -2.44. The van der Waals surface area contributed by atoms with Crippen molar-refractivity contribution in [3.05, 3.63) is 107 Å². The SMILES string of the molecule is O[C@H](c1ccccc1)C1CCN(CC23CC(c4ccccc42)c2ccccc23)CC1. The zero-order valence-electron chi connectivity index (χ0n) is 17.4. The van der Waals surface area contributed by atoms with Crippen LogP contribution in [-0.4, -0.2) is 29.6 Å². The summed E-state index contributed by atoms with van der Waals surface area (Å²) < 4.78 is 0. The molecule has 30 heavy (non-hydrogen) atoms. The average molecular weight is 396 g/mol. The Bertz CT molecular complexity index is 1000. The van der Waals surface area contributed by atoms with Gasteiger partial charge in [0, 0.05) is 17.9 Å². The van der Waals surface area contributed by atoms with E-state index in [1.54, 1.807) is 22.3 Å².